The van der Waals surface area contributed by atoms with Crippen molar-refractivity contribution >= 4 is 23.7 Å². The summed E-state index contributed by atoms with van der Waals surface area (Å²) >= 11 is 10.4. The standard InChI is InChI=1S/C12H11Cl2N3O3/c1-6-4-7(2)9(8(3)5-6)18-10-15-11(19-13)17-12(16-10)20-14/h4-5H,1-3H3. The first-order valence-corrected chi connectivity index (χ1v) is 6.24. The van der Waals surface area contributed by atoms with Crippen molar-refractivity contribution in [1.82, 2.24) is 15.0 Å². The number of benzene rings is 1. The summed E-state index contributed by atoms with van der Waals surface area (Å²) < 4.78 is 14.5. The molecule has 1 heterocycles. The first kappa shape index (κ1) is 14.6. The Bertz CT molecular complexity index is 592. The minimum atomic E-state index is -0.172. The van der Waals surface area contributed by atoms with E-state index in [1.165, 1.54) is 0 Å². The van der Waals surface area contributed by atoms with Crippen LogP contribution in [0.25, 0.3) is 0 Å². The molecule has 0 fully saturated rings. The zero-order valence-corrected chi connectivity index (χ0v) is 12.5. The summed E-state index contributed by atoms with van der Waals surface area (Å²) in [5.74, 6) is 0.642. The molecule has 0 unspecified atom stereocenters. The summed E-state index contributed by atoms with van der Waals surface area (Å²) in [7, 11) is 0. The molecule has 0 aliphatic carbocycles. The molecule has 2 aromatic rings. The highest BCUT2D eigenvalue weighted by Gasteiger charge is 2.13. The fourth-order valence-corrected chi connectivity index (χ4v) is 1.99. The Hall–Kier alpha value is -1.79. The van der Waals surface area contributed by atoms with Gasteiger partial charge in [0.2, 0.25) is 0 Å². The van der Waals surface area contributed by atoms with Crippen LogP contribution >= 0.6 is 23.7 Å². The van der Waals surface area contributed by atoms with Crippen molar-refractivity contribution < 1.29 is 13.3 Å². The van der Waals surface area contributed by atoms with Crippen LogP contribution in [-0.4, -0.2) is 15.0 Å². The van der Waals surface area contributed by atoms with Gasteiger partial charge in [-0.2, -0.15) is 0 Å². The Balaban J connectivity index is 2.39. The summed E-state index contributed by atoms with van der Waals surface area (Å²) in [5.41, 5.74) is 3.03. The van der Waals surface area contributed by atoms with Crippen molar-refractivity contribution in [1.29, 1.82) is 0 Å². The SMILES string of the molecule is Cc1cc(C)c(Oc2nc(OCl)nc(OCl)n2)c(C)c1. The zero-order valence-electron chi connectivity index (χ0n) is 11.0. The van der Waals surface area contributed by atoms with E-state index in [1.807, 2.05) is 32.9 Å². The van der Waals surface area contributed by atoms with Gasteiger partial charge in [-0.3, -0.25) is 0 Å². The lowest BCUT2D eigenvalue weighted by atomic mass is 10.1. The molecule has 1 aromatic heterocycles. The molecule has 0 aliphatic rings. The topological polar surface area (TPSA) is 66.4 Å². The highest BCUT2D eigenvalue weighted by molar-refractivity contribution is 6.09. The van der Waals surface area contributed by atoms with Gasteiger partial charge < -0.3 is 13.3 Å². The maximum Gasteiger partial charge on any atom is 0.344 e. The van der Waals surface area contributed by atoms with Gasteiger partial charge in [-0.15, -0.1) is 15.0 Å². The van der Waals surface area contributed by atoms with Crippen molar-refractivity contribution in [2.45, 2.75) is 20.8 Å². The second-order valence-corrected chi connectivity index (χ2v) is 4.48. The van der Waals surface area contributed by atoms with Crippen LogP contribution in [0.2, 0.25) is 0 Å². The third-order valence-corrected chi connectivity index (χ3v) is 2.79. The summed E-state index contributed by atoms with van der Waals surface area (Å²) in [6.07, 6.45) is 0. The first-order valence-electron chi connectivity index (χ1n) is 5.62. The molecule has 0 spiro atoms. The number of halogens is 2. The van der Waals surface area contributed by atoms with Crippen LogP contribution in [0.15, 0.2) is 12.1 Å². The van der Waals surface area contributed by atoms with E-state index < -0.39 is 0 Å². The average molecular weight is 316 g/mol. The smallest absolute Gasteiger partial charge is 0.344 e. The normalized spacial score (nSPS) is 10.2. The highest BCUT2D eigenvalue weighted by atomic mass is 35.5. The van der Waals surface area contributed by atoms with Crippen LogP contribution in [0, 0.1) is 20.8 Å². The van der Waals surface area contributed by atoms with Crippen molar-refractivity contribution in [3.63, 3.8) is 0 Å². The summed E-state index contributed by atoms with van der Waals surface area (Å²) in [6, 6.07) is 3.61. The largest absolute Gasteiger partial charge is 0.423 e. The summed E-state index contributed by atoms with van der Waals surface area (Å²) in [6.45, 7) is 5.86. The van der Waals surface area contributed by atoms with Crippen LogP contribution in [0.3, 0.4) is 0 Å². The number of rotatable bonds is 4. The second kappa shape index (κ2) is 6.11. The van der Waals surface area contributed by atoms with E-state index in [2.05, 4.69) is 23.5 Å². The third-order valence-electron chi connectivity index (χ3n) is 2.51. The molecule has 0 bridgehead atoms. The first-order chi connectivity index (χ1) is 9.53. The van der Waals surface area contributed by atoms with Crippen LogP contribution in [0.1, 0.15) is 16.7 Å². The fourth-order valence-electron chi connectivity index (χ4n) is 1.85. The average Bonchev–Trinajstić information content (AvgIpc) is 2.42. The molecule has 8 heteroatoms. The number of nitrogens with zero attached hydrogens (tertiary/aromatic N) is 3. The van der Waals surface area contributed by atoms with Gasteiger partial charge in [0.15, 0.2) is 0 Å². The van der Waals surface area contributed by atoms with E-state index >= 15 is 0 Å². The van der Waals surface area contributed by atoms with E-state index in [0.29, 0.717) is 5.75 Å². The number of hydrogen-bond acceptors (Lipinski definition) is 6. The Labute approximate surface area is 126 Å². The molecule has 2 rings (SSSR count). The fraction of sp³-hybridized carbons (Fsp3) is 0.250. The molecule has 106 valence electrons. The zero-order chi connectivity index (χ0) is 14.7. The quantitative estimate of drug-likeness (QED) is 0.857. The van der Waals surface area contributed by atoms with Crippen molar-refractivity contribution in [3.8, 4) is 23.8 Å². The highest BCUT2D eigenvalue weighted by Crippen LogP contribution is 2.29. The van der Waals surface area contributed by atoms with Gasteiger partial charge in [-0.05, 0) is 31.9 Å². The lowest BCUT2D eigenvalue weighted by Gasteiger charge is -2.11. The van der Waals surface area contributed by atoms with Gasteiger partial charge in [-0.25, -0.2) is 0 Å². The van der Waals surface area contributed by atoms with Gasteiger partial charge in [0.25, 0.3) is 0 Å². The predicted octanol–water partition coefficient (Wildman–Crippen LogP) is 3.65. The summed E-state index contributed by atoms with van der Waals surface area (Å²) in [5, 5.41) is 0. The molecular weight excluding hydrogens is 305 g/mol. The maximum atomic E-state index is 5.64. The molecule has 0 N–H and O–H groups in total. The van der Waals surface area contributed by atoms with Gasteiger partial charge in [-0.1, -0.05) is 17.7 Å². The monoisotopic (exact) mass is 315 g/mol. The Morgan fingerprint density at radius 1 is 0.800 bits per heavy atom. The second-order valence-electron chi connectivity index (χ2n) is 4.17. The lowest BCUT2D eigenvalue weighted by molar-refractivity contribution is 0.402. The molecule has 0 amide bonds. The van der Waals surface area contributed by atoms with Crippen molar-refractivity contribution in [2.24, 2.45) is 0 Å². The number of hydrogen-bond donors (Lipinski definition) is 0. The van der Waals surface area contributed by atoms with Gasteiger partial charge in [0.05, 0.1) is 0 Å². The van der Waals surface area contributed by atoms with Gasteiger partial charge in [0.1, 0.15) is 29.5 Å². The number of ether oxygens (including phenoxy) is 1. The maximum absolute atomic E-state index is 5.64. The lowest BCUT2D eigenvalue weighted by Crippen LogP contribution is -2.00. The molecule has 1 aromatic carbocycles. The molecule has 20 heavy (non-hydrogen) atoms. The van der Waals surface area contributed by atoms with Crippen LogP contribution in [0.4, 0.5) is 0 Å². The molecule has 6 nitrogen and oxygen atoms in total. The van der Waals surface area contributed by atoms with Crippen LogP contribution in [0.5, 0.6) is 23.8 Å². The van der Waals surface area contributed by atoms with E-state index in [-0.39, 0.29) is 18.0 Å². The van der Waals surface area contributed by atoms with E-state index in [9.17, 15) is 0 Å². The predicted molar refractivity (Wildman–Crippen MR) is 73.5 cm³/mol. The van der Waals surface area contributed by atoms with E-state index in [1.54, 1.807) is 0 Å². The molecule has 0 aliphatic heterocycles. The van der Waals surface area contributed by atoms with Crippen LogP contribution < -0.4 is 13.3 Å². The Morgan fingerprint density at radius 3 is 1.70 bits per heavy atom. The van der Waals surface area contributed by atoms with Crippen molar-refractivity contribution in [2.75, 3.05) is 0 Å². The number of aryl methyl sites for hydroxylation is 3. The molecule has 0 saturated carbocycles. The minimum absolute atomic E-state index is 0.0265. The molecule has 0 saturated heterocycles. The Kier molecular flexibility index (Phi) is 4.46. The minimum Gasteiger partial charge on any atom is -0.423 e. The van der Waals surface area contributed by atoms with Crippen molar-refractivity contribution in [3.05, 3.63) is 28.8 Å². The third kappa shape index (κ3) is 3.20. The molecule has 0 atom stereocenters. The molecular formula is C12H11Cl2N3O3. The summed E-state index contributed by atoms with van der Waals surface area (Å²) in [4.78, 5) is 11.4. The van der Waals surface area contributed by atoms with Crippen LogP contribution in [-0.2, 0) is 0 Å². The Morgan fingerprint density at radius 2 is 1.25 bits per heavy atom. The van der Waals surface area contributed by atoms with E-state index in [4.69, 9.17) is 28.5 Å². The van der Waals surface area contributed by atoms with Gasteiger partial charge >= 0.3 is 18.0 Å². The van der Waals surface area contributed by atoms with E-state index in [0.717, 1.165) is 16.7 Å². The molecule has 0 radical (unpaired) electrons. The number of aromatic nitrogens is 3. The van der Waals surface area contributed by atoms with Gasteiger partial charge in [0, 0.05) is 0 Å².